The number of carboxylic acids is 2. The number of aromatic carboxylic acids is 1. The molecule has 0 radical (unpaired) electrons. The Balaban J connectivity index is 0.000000170. The first kappa shape index (κ1) is 41.5. The van der Waals surface area contributed by atoms with E-state index < -0.39 is 48.0 Å². The minimum atomic E-state index is -1.38. The lowest BCUT2D eigenvalue weighted by molar-refractivity contribution is -0.138. The molecular formula is C45H47N3O13. The van der Waals surface area contributed by atoms with Crippen molar-refractivity contribution in [2.24, 2.45) is 22.4 Å². The number of nitrogens with zero attached hydrogens (tertiary/aromatic N) is 1. The number of likely N-dealkylation sites (N-methyl/N-ethyl adjacent to an activating group) is 2. The van der Waals surface area contributed by atoms with Crippen LogP contribution in [0.25, 0.3) is 0 Å². The molecule has 1 spiro atoms. The molecule has 2 aliphatic heterocycles. The average Bonchev–Trinajstić information content (AvgIpc) is 3.66. The summed E-state index contributed by atoms with van der Waals surface area (Å²) in [4.78, 5) is 35.2. The molecule has 5 aliphatic rings. The maximum Gasteiger partial charge on any atom is 0.340 e. The zero-order valence-electron chi connectivity index (χ0n) is 33.5. The largest absolute Gasteiger partial charge is 0.508 e. The molecule has 3 aliphatic carbocycles. The van der Waals surface area contributed by atoms with Gasteiger partial charge in [0.15, 0.2) is 11.8 Å². The normalized spacial score (nSPS) is 26.4. The van der Waals surface area contributed by atoms with Crippen LogP contribution in [0.1, 0.15) is 93.5 Å². The monoisotopic (exact) mass is 837 g/mol. The summed E-state index contributed by atoms with van der Waals surface area (Å²) >= 11 is 0. The van der Waals surface area contributed by atoms with Crippen LogP contribution in [-0.2, 0) is 15.1 Å². The lowest BCUT2D eigenvalue weighted by Gasteiger charge is -2.49. The lowest BCUT2D eigenvalue weighted by Crippen LogP contribution is -2.50. The van der Waals surface area contributed by atoms with Gasteiger partial charge in [-0.15, -0.1) is 0 Å². The Labute approximate surface area is 350 Å². The van der Waals surface area contributed by atoms with E-state index in [1.165, 1.54) is 36.4 Å². The van der Waals surface area contributed by atoms with E-state index in [1.807, 2.05) is 18.2 Å². The van der Waals surface area contributed by atoms with Gasteiger partial charge in [0, 0.05) is 34.4 Å². The van der Waals surface area contributed by atoms with E-state index in [0.717, 1.165) is 24.0 Å². The van der Waals surface area contributed by atoms with Gasteiger partial charge in [0.1, 0.15) is 28.7 Å². The number of ether oxygens (including phenoxy) is 3. The fraction of sp³-hybridized carbons (Fsp3) is 0.378. The fourth-order valence-corrected chi connectivity index (χ4v) is 10.4. The van der Waals surface area contributed by atoms with E-state index >= 15 is 0 Å². The van der Waals surface area contributed by atoms with Crippen LogP contribution in [-0.4, -0.2) is 98.0 Å². The first-order chi connectivity index (χ1) is 29.1. The molecule has 9 N–H and O–H groups in total. The van der Waals surface area contributed by atoms with Crippen molar-refractivity contribution in [2.75, 3.05) is 14.1 Å². The molecule has 0 aromatic heterocycles. The molecule has 0 bridgehead atoms. The van der Waals surface area contributed by atoms with Crippen molar-refractivity contribution in [3.8, 4) is 28.7 Å². The zero-order chi connectivity index (χ0) is 43.5. The topological polar surface area (TPSA) is 257 Å². The first-order valence-electron chi connectivity index (χ1n) is 20.0. The Kier molecular flexibility index (Phi) is 10.7. The van der Waals surface area contributed by atoms with Crippen LogP contribution in [0.15, 0.2) is 78.0 Å². The van der Waals surface area contributed by atoms with Crippen molar-refractivity contribution in [3.63, 3.8) is 0 Å². The Morgan fingerprint density at radius 1 is 0.902 bits per heavy atom. The molecule has 2 saturated carbocycles. The highest BCUT2D eigenvalue weighted by Gasteiger charge is 2.58. The maximum atomic E-state index is 12.7. The van der Waals surface area contributed by atoms with E-state index in [1.54, 1.807) is 32.3 Å². The van der Waals surface area contributed by atoms with Gasteiger partial charge < -0.3 is 55.4 Å². The average molecular weight is 838 g/mol. The number of hydrogen-bond acceptors (Lipinski definition) is 14. The van der Waals surface area contributed by atoms with Crippen LogP contribution in [0.5, 0.6) is 28.7 Å². The highest BCUT2D eigenvalue weighted by atomic mass is 16.6. The second kappa shape index (κ2) is 15.7. The predicted octanol–water partition coefficient (Wildman–Crippen LogP) is 4.86. The second-order valence-corrected chi connectivity index (χ2v) is 16.6. The summed E-state index contributed by atoms with van der Waals surface area (Å²) in [6.45, 7) is 2.07. The number of aromatic hydroxyl groups is 2. The van der Waals surface area contributed by atoms with Crippen molar-refractivity contribution in [3.05, 3.63) is 112 Å². The number of nitrogens with one attached hydrogen (secondary N) is 2. The Bertz CT molecular complexity index is 2400. The van der Waals surface area contributed by atoms with Gasteiger partial charge in [0.25, 0.3) is 0 Å². The molecule has 2 unspecified atom stereocenters. The molecule has 2 heterocycles. The second-order valence-electron chi connectivity index (χ2n) is 16.6. The number of carbonyl (C=O) groups is 3. The maximum absolute atomic E-state index is 12.7. The van der Waals surface area contributed by atoms with Gasteiger partial charge >= 0.3 is 17.9 Å². The van der Waals surface area contributed by atoms with Gasteiger partial charge in [0.05, 0.1) is 41.5 Å². The third kappa shape index (κ3) is 6.89. The summed E-state index contributed by atoms with van der Waals surface area (Å²) in [6, 6.07) is 18.4. The summed E-state index contributed by atoms with van der Waals surface area (Å²) < 4.78 is 17.8. The summed E-state index contributed by atoms with van der Waals surface area (Å²) in [5, 5.41) is 78.6. The molecule has 2 fully saturated rings. The number of carboxylic acid groups (broad SMARTS) is 2. The molecule has 16 heteroatoms. The lowest BCUT2D eigenvalue weighted by atomic mass is 9.55. The quantitative estimate of drug-likeness (QED) is 0.0497. The molecule has 320 valence electrons. The van der Waals surface area contributed by atoms with E-state index in [4.69, 9.17) is 14.2 Å². The van der Waals surface area contributed by atoms with Crippen LogP contribution < -0.4 is 20.1 Å². The van der Waals surface area contributed by atoms with Crippen LogP contribution >= 0.6 is 0 Å². The first-order valence-corrected chi connectivity index (χ1v) is 20.0. The molecule has 0 amide bonds. The van der Waals surface area contributed by atoms with Gasteiger partial charge in [-0.1, -0.05) is 24.2 Å². The van der Waals surface area contributed by atoms with Gasteiger partial charge in [-0.25, -0.2) is 9.59 Å². The number of rotatable bonds is 8. The third-order valence-electron chi connectivity index (χ3n) is 13.4. The number of aliphatic hydroxyl groups excluding tert-OH is 2. The number of hydrogen-bond donors (Lipinski definition) is 9. The number of oxime groups is 1. The van der Waals surface area contributed by atoms with E-state index in [0.29, 0.717) is 41.0 Å². The van der Waals surface area contributed by atoms with Crippen molar-refractivity contribution in [1.29, 1.82) is 0 Å². The van der Waals surface area contributed by atoms with Crippen LogP contribution in [0.4, 0.5) is 0 Å². The minimum absolute atomic E-state index is 0.0309. The van der Waals surface area contributed by atoms with Gasteiger partial charge in [-0.3, -0.25) is 10.1 Å². The highest BCUT2D eigenvalue weighted by Crippen LogP contribution is 2.61. The zero-order valence-corrected chi connectivity index (χ0v) is 33.5. The van der Waals surface area contributed by atoms with E-state index in [9.17, 15) is 50.2 Å². The molecular weight excluding hydrogens is 791 g/mol. The van der Waals surface area contributed by atoms with Crippen LogP contribution in [0, 0.1) is 17.3 Å². The molecule has 4 aromatic carbocycles. The van der Waals surface area contributed by atoms with Crippen LogP contribution in [0.3, 0.4) is 0 Å². The van der Waals surface area contributed by atoms with Crippen molar-refractivity contribution < 1.29 is 64.4 Å². The van der Waals surface area contributed by atoms with Crippen LogP contribution in [0.2, 0.25) is 0 Å². The molecule has 0 saturated heterocycles. The number of phenols is 2. The summed E-state index contributed by atoms with van der Waals surface area (Å²) in [5.74, 6) is -1.13. The molecule has 61 heavy (non-hydrogen) atoms. The number of aliphatic hydroxyl groups is 2. The van der Waals surface area contributed by atoms with Crippen molar-refractivity contribution in [2.45, 2.75) is 75.0 Å². The predicted molar refractivity (Wildman–Crippen MR) is 217 cm³/mol. The Hall–Kier alpha value is -6.20. The number of aliphatic carboxylic acids is 1. The van der Waals surface area contributed by atoms with Gasteiger partial charge in [-0.2, -0.15) is 0 Å². The van der Waals surface area contributed by atoms with Gasteiger partial charge in [0.2, 0.25) is 0 Å². The van der Waals surface area contributed by atoms with E-state index in [2.05, 4.69) is 22.7 Å². The Morgan fingerprint density at radius 3 is 2.18 bits per heavy atom. The molecule has 8 atom stereocenters. The van der Waals surface area contributed by atoms with E-state index in [-0.39, 0.29) is 63.7 Å². The van der Waals surface area contributed by atoms with Crippen molar-refractivity contribution >= 4 is 23.6 Å². The van der Waals surface area contributed by atoms with Gasteiger partial charge in [-0.05, 0) is 117 Å². The number of esters is 1. The third-order valence-corrected chi connectivity index (χ3v) is 13.4. The molecule has 4 aromatic rings. The molecule has 16 nitrogen and oxygen atoms in total. The SMILES string of the molecule is CNC(CC(=O)O)C(NC)Oc1ccc2c(c1)C(=NO)C[C@@H]1[C@@H]2CC[C@]2(C)[C@@H](O)[C@H](O)C[C@@H]12.O=C(O)c1ccc2c(c1)C(=O)OC21c2ccc(O)cc2Oc2cc(O)ccc21. The summed E-state index contributed by atoms with van der Waals surface area (Å²) in [7, 11) is 3.41. The minimum Gasteiger partial charge on any atom is -0.508 e. The smallest absolute Gasteiger partial charge is 0.340 e. The molecule has 9 rings (SSSR count). The number of carbonyl (C=O) groups excluding carboxylic acids is 1. The van der Waals surface area contributed by atoms with Crippen molar-refractivity contribution in [1.82, 2.24) is 10.6 Å². The number of fused-ring (bicyclic) bond motifs is 11. The standard InChI is InChI=1S/C24H35N3O6.C21H12O7/c1-24-7-6-14-13-5-4-12(33-23(26-3)19(25-2)11-21(29)30)8-16(13)18(27-32)9-15(14)17(24)10-20(28)22(24)31;22-11-2-5-15-17(8-11)27-18-9-12(23)3-6-16(18)21(15)14-4-1-10(19(24)25)7-13(14)20(26)28-21/h4-5,8,14-15,17,19-20,22-23,25-26,28,31-32H,6-7,9-11H2,1-3H3,(H,29,30);1-9,22-23H,(H,24,25)/t14-,15-,17+,19?,20-,22+,23?,24+;/m1./s1. The summed E-state index contributed by atoms with van der Waals surface area (Å²) in [5.41, 5.74) is 2.35. The number of benzene rings is 4. The fourth-order valence-electron chi connectivity index (χ4n) is 10.4. The Morgan fingerprint density at radius 2 is 1.57 bits per heavy atom. The summed E-state index contributed by atoms with van der Waals surface area (Å²) in [6.07, 6.45) is 0.769. The highest BCUT2D eigenvalue weighted by molar-refractivity contribution is 6.03. The number of phenolic OH excluding ortho intramolecular Hbond substituents is 2.